The van der Waals surface area contributed by atoms with E-state index in [1.807, 2.05) is 4.90 Å². The Morgan fingerprint density at radius 3 is 2.29 bits per heavy atom. The molecule has 1 saturated heterocycles. The summed E-state index contributed by atoms with van der Waals surface area (Å²) in [6.45, 7) is 6.06. The number of hydrogen-bond donors (Lipinski definition) is 0. The van der Waals surface area contributed by atoms with Crippen LogP contribution in [0.5, 0.6) is 0 Å². The van der Waals surface area contributed by atoms with Gasteiger partial charge in [0, 0.05) is 24.4 Å². The summed E-state index contributed by atoms with van der Waals surface area (Å²) in [6, 6.07) is 0. The van der Waals surface area contributed by atoms with Crippen molar-refractivity contribution in [2.24, 2.45) is 11.3 Å². The smallest absolute Gasteiger partial charge is 0.226 e. The summed E-state index contributed by atoms with van der Waals surface area (Å²) in [5.74, 6) is 0.646. The van der Waals surface area contributed by atoms with Crippen LogP contribution in [0.4, 0.5) is 0 Å². The van der Waals surface area contributed by atoms with Crippen molar-refractivity contribution in [1.82, 2.24) is 4.90 Å². The van der Waals surface area contributed by atoms with Gasteiger partial charge in [0.25, 0.3) is 0 Å². The van der Waals surface area contributed by atoms with E-state index in [0.29, 0.717) is 5.91 Å². The van der Waals surface area contributed by atoms with E-state index >= 15 is 0 Å². The van der Waals surface area contributed by atoms with Crippen molar-refractivity contribution in [2.45, 2.75) is 38.5 Å². The van der Waals surface area contributed by atoms with Crippen molar-refractivity contribution in [3.63, 3.8) is 0 Å². The molecule has 2 aliphatic rings. The molecule has 0 bridgehead atoms. The summed E-state index contributed by atoms with van der Waals surface area (Å²) < 4.78 is 0. The molecule has 0 aromatic rings. The zero-order chi connectivity index (χ0) is 10.3. The lowest BCUT2D eigenvalue weighted by Crippen LogP contribution is -2.40. The summed E-state index contributed by atoms with van der Waals surface area (Å²) in [6.07, 6.45) is 2.98. The van der Waals surface area contributed by atoms with Gasteiger partial charge in [-0.1, -0.05) is 13.8 Å². The molecule has 1 aliphatic carbocycles. The highest BCUT2D eigenvalue weighted by Crippen LogP contribution is 2.52. The Kier molecular flexibility index (Phi) is 2.50. The van der Waals surface area contributed by atoms with E-state index in [2.05, 4.69) is 13.8 Å². The second kappa shape index (κ2) is 3.41. The number of alkyl halides is 1. The van der Waals surface area contributed by atoms with Crippen molar-refractivity contribution < 1.29 is 4.79 Å². The molecule has 0 radical (unpaired) electrons. The second-order valence-electron chi connectivity index (χ2n) is 5.25. The molecule has 1 atom stereocenters. The van der Waals surface area contributed by atoms with Crippen LogP contribution in [0, 0.1) is 11.3 Å². The molecule has 3 heteroatoms. The number of carbonyl (C=O) groups excluding carboxylic acids is 1. The summed E-state index contributed by atoms with van der Waals surface area (Å²) >= 11 is 6.00. The van der Waals surface area contributed by atoms with E-state index in [1.165, 1.54) is 0 Å². The molecule has 1 amide bonds. The van der Waals surface area contributed by atoms with Crippen LogP contribution in [-0.2, 0) is 4.79 Å². The number of rotatable bonds is 1. The highest BCUT2D eigenvalue weighted by molar-refractivity contribution is 6.20. The normalized spacial score (nSPS) is 31.6. The van der Waals surface area contributed by atoms with Crippen LogP contribution in [0.2, 0.25) is 0 Å². The van der Waals surface area contributed by atoms with Gasteiger partial charge in [-0.3, -0.25) is 4.79 Å². The van der Waals surface area contributed by atoms with E-state index in [0.717, 1.165) is 32.4 Å². The first-order valence-corrected chi connectivity index (χ1v) is 5.87. The summed E-state index contributed by atoms with van der Waals surface area (Å²) in [5, 5.41) is 0.284. The van der Waals surface area contributed by atoms with E-state index in [4.69, 9.17) is 11.6 Å². The molecule has 2 nitrogen and oxygen atoms in total. The highest BCUT2D eigenvalue weighted by atomic mass is 35.5. The molecular weight excluding hydrogens is 198 g/mol. The predicted octanol–water partition coefficient (Wildman–Crippen LogP) is 2.26. The fraction of sp³-hybridized carbons (Fsp3) is 0.909. The van der Waals surface area contributed by atoms with E-state index in [9.17, 15) is 4.79 Å². The Balaban J connectivity index is 1.88. The summed E-state index contributed by atoms with van der Waals surface area (Å²) in [5.41, 5.74) is 0.259. The molecule has 0 N–H and O–H groups in total. The van der Waals surface area contributed by atoms with Crippen LogP contribution in [0.3, 0.4) is 0 Å². The SMILES string of the molecule is CC1(C)CC1C(=O)N1CCC(Cl)CC1. The molecule has 0 spiro atoms. The van der Waals surface area contributed by atoms with Crippen molar-refractivity contribution in [1.29, 1.82) is 0 Å². The van der Waals surface area contributed by atoms with Gasteiger partial charge in [0.05, 0.1) is 0 Å². The fourth-order valence-corrected chi connectivity index (χ4v) is 2.37. The average molecular weight is 216 g/mol. The third-order valence-corrected chi connectivity index (χ3v) is 3.98. The number of amides is 1. The van der Waals surface area contributed by atoms with Gasteiger partial charge in [-0.25, -0.2) is 0 Å². The number of piperidine rings is 1. The molecule has 1 heterocycles. The standard InChI is InChI=1S/C11H18ClNO/c1-11(2)7-9(11)10(14)13-5-3-8(12)4-6-13/h8-9H,3-7H2,1-2H3. The van der Waals surface area contributed by atoms with Crippen molar-refractivity contribution >= 4 is 17.5 Å². The zero-order valence-corrected chi connectivity index (χ0v) is 9.68. The molecule has 2 fully saturated rings. The maximum atomic E-state index is 12.0. The first-order valence-electron chi connectivity index (χ1n) is 5.43. The molecule has 1 saturated carbocycles. The van der Waals surface area contributed by atoms with Crippen LogP contribution in [0.25, 0.3) is 0 Å². The monoisotopic (exact) mass is 215 g/mol. The molecule has 14 heavy (non-hydrogen) atoms. The Labute approximate surface area is 90.6 Å². The van der Waals surface area contributed by atoms with Gasteiger partial charge in [-0.15, -0.1) is 11.6 Å². The molecular formula is C11H18ClNO. The van der Waals surface area contributed by atoms with Crippen molar-refractivity contribution in [2.75, 3.05) is 13.1 Å². The lowest BCUT2D eigenvalue weighted by atomic mass is 10.1. The number of carbonyl (C=O) groups is 1. The molecule has 2 rings (SSSR count). The Morgan fingerprint density at radius 2 is 1.86 bits per heavy atom. The number of nitrogens with zero attached hydrogens (tertiary/aromatic N) is 1. The van der Waals surface area contributed by atoms with E-state index in [1.54, 1.807) is 0 Å². The first-order chi connectivity index (χ1) is 6.50. The van der Waals surface area contributed by atoms with Gasteiger partial charge in [-0.05, 0) is 24.7 Å². The second-order valence-corrected chi connectivity index (χ2v) is 5.86. The minimum absolute atomic E-state index is 0.259. The minimum atomic E-state index is 0.259. The minimum Gasteiger partial charge on any atom is -0.342 e. The number of likely N-dealkylation sites (tertiary alicyclic amines) is 1. The average Bonchev–Trinajstić information content (AvgIpc) is 2.75. The van der Waals surface area contributed by atoms with Gasteiger partial charge < -0.3 is 4.90 Å². The van der Waals surface area contributed by atoms with E-state index < -0.39 is 0 Å². The maximum Gasteiger partial charge on any atom is 0.226 e. The topological polar surface area (TPSA) is 20.3 Å². The van der Waals surface area contributed by atoms with Crippen LogP contribution >= 0.6 is 11.6 Å². The number of halogens is 1. The van der Waals surface area contributed by atoms with Gasteiger partial charge in [-0.2, -0.15) is 0 Å². The van der Waals surface area contributed by atoms with Gasteiger partial charge in [0.2, 0.25) is 5.91 Å². The van der Waals surface area contributed by atoms with Gasteiger partial charge in [0.1, 0.15) is 0 Å². The number of hydrogen-bond acceptors (Lipinski definition) is 1. The lowest BCUT2D eigenvalue weighted by molar-refractivity contribution is -0.134. The molecule has 1 aliphatic heterocycles. The summed E-state index contributed by atoms with van der Waals surface area (Å²) in [7, 11) is 0. The van der Waals surface area contributed by atoms with Crippen LogP contribution in [-0.4, -0.2) is 29.3 Å². The third kappa shape index (κ3) is 1.90. The molecule has 80 valence electrons. The van der Waals surface area contributed by atoms with E-state index in [-0.39, 0.29) is 16.7 Å². The molecule has 0 aromatic carbocycles. The molecule has 0 aromatic heterocycles. The highest BCUT2D eigenvalue weighted by Gasteiger charge is 2.52. The third-order valence-electron chi connectivity index (χ3n) is 3.55. The van der Waals surface area contributed by atoms with Crippen LogP contribution in [0.1, 0.15) is 33.1 Å². The van der Waals surface area contributed by atoms with Crippen LogP contribution in [0.15, 0.2) is 0 Å². The lowest BCUT2D eigenvalue weighted by Gasteiger charge is -2.29. The van der Waals surface area contributed by atoms with Gasteiger partial charge in [0.15, 0.2) is 0 Å². The molecule has 1 unspecified atom stereocenters. The quantitative estimate of drug-likeness (QED) is 0.615. The first kappa shape index (κ1) is 10.3. The Bertz CT molecular complexity index is 244. The predicted molar refractivity (Wildman–Crippen MR) is 57.3 cm³/mol. The summed E-state index contributed by atoms with van der Waals surface area (Å²) in [4.78, 5) is 14.0. The largest absolute Gasteiger partial charge is 0.342 e. The van der Waals surface area contributed by atoms with Gasteiger partial charge >= 0.3 is 0 Å². The fourth-order valence-electron chi connectivity index (χ4n) is 2.18. The van der Waals surface area contributed by atoms with Crippen molar-refractivity contribution in [3.05, 3.63) is 0 Å². The Hall–Kier alpha value is -0.240. The Morgan fingerprint density at radius 1 is 1.36 bits per heavy atom. The van der Waals surface area contributed by atoms with Crippen molar-refractivity contribution in [3.8, 4) is 0 Å². The van der Waals surface area contributed by atoms with Crippen LogP contribution < -0.4 is 0 Å². The zero-order valence-electron chi connectivity index (χ0n) is 8.92. The maximum absolute atomic E-state index is 12.0.